The third kappa shape index (κ3) is 6.06. The van der Waals surface area contributed by atoms with Gasteiger partial charge in [-0.2, -0.15) is 0 Å². The fraction of sp³-hybridized carbons (Fsp3) is 0.391. The zero-order valence-electron chi connectivity index (χ0n) is 15.3. The van der Waals surface area contributed by atoms with Crippen LogP contribution < -0.4 is 10.1 Å². The van der Waals surface area contributed by atoms with Crippen LogP contribution in [0.3, 0.4) is 0 Å². The molecule has 2 heteroatoms. The number of benzene rings is 2. The number of aryl methyl sites for hydroxylation is 1. The van der Waals surface area contributed by atoms with Gasteiger partial charge in [0.1, 0.15) is 12.4 Å². The van der Waals surface area contributed by atoms with Crippen LogP contribution in [-0.2, 0) is 13.2 Å². The molecule has 1 N–H and O–H groups in total. The van der Waals surface area contributed by atoms with Gasteiger partial charge in [0.2, 0.25) is 0 Å². The predicted molar refractivity (Wildman–Crippen MR) is 105 cm³/mol. The first-order valence-corrected chi connectivity index (χ1v) is 9.45. The molecule has 25 heavy (non-hydrogen) atoms. The predicted octanol–water partition coefficient (Wildman–Crippen LogP) is 5.55. The van der Waals surface area contributed by atoms with Crippen molar-refractivity contribution < 1.29 is 4.74 Å². The largest absolute Gasteiger partial charge is 0.489 e. The Morgan fingerprint density at radius 2 is 1.88 bits per heavy atom. The van der Waals surface area contributed by atoms with Crippen molar-refractivity contribution in [2.45, 2.75) is 52.2 Å². The minimum Gasteiger partial charge on any atom is -0.489 e. The Hall–Kier alpha value is -2.06. The molecular weight excluding hydrogens is 306 g/mol. The molecule has 0 heterocycles. The normalized spacial score (nSPS) is 14.2. The fourth-order valence-corrected chi connectivity index (χ4v) is 3.29. The van der Waals surface area contributed by atoms with Crippen LogP contribution in [-0.4, -0.2) is 6.54 Å². The lowest BCUT2D eigenvalue weighted by molar-refractivity contribution is 0.306. The van der Waals surface area contributed by atoms with Gasteiger partial charge in [-0.1, -0.05) is 53.6 Å². The second-order valence-electron chi connectivity index (χ2n) is 6.96. The van der Waals surface area contributed by atoms with Gasteiger partial charge in [0.05, 0.1) is 0 Å². The Kier molecular flexibility index (Phi) is 6.70. The first-order valence-electron chi connectivity index (χ1n) is 9.45. The van der Waals surface area contributed by atoms with Crippen LogP contribution in [0.25, 0.3) is 0 Å². The summed E-state index contributed by atoms with van der Waals surface area (Å²) in [7, 11) is 0. The van der Waals surface area contributed by atoms with Gasteiger partial charge in [-0.3, -0.25) is 0 Å². The summed E-state index contributed by atoms with van der Waals surface area (Å²) in [4.78, 5) is 0. The highest BCUT2D eigenvalue weighted by molar-refractivity contribution is 5.28. The van der Waals surface area contributed by atoms with Crippen molar-refractivity contribution in [3.63, 3.8) is 0 Å². The van der Waals surface area contributed by atoms with Crippen molar-refractivity contribution in [3.8, 4) is 5.75 Å². The third-order valence-electron chi connectivity index (χ3n) is 4.75. The molecule has 0 bridgehead atoms. The molecule has 0 aromatic heterocycles. The molecule has 0 radical (unpaired) electrons. The third-order valence-corrected chi connectivity index (χ3v) is 4.75. The molecule has 2 aromatic carbocycles. The first-order chi connectivity index (χ1) is 12.3. The summed E-state index contributed by atoms with van der Waals surface area (Å²) in [5.74, 6) is 0.928. The Labute approximate surface area is 151 Å². The van der Waals surface area contributed by atoms with E-state index in [1.165, 1.54) is 48.8 Å². The van der Waals surface area contributed by atoms with E-state index in [4.69, 9.17) is 4.74 Å². The second-order valence-corrected chi connectivity index (χ2v) is 6.96. The van der Waals surface area contributed by atoms with E-state index in [-0.39, 0.29) is 0 Å². The number of nitrogens with one attached hydrogen (secondary N) is 1. The highest BCUT2D eigenvalue weighted by Gasteiger charge is 2.03. The maximum absolute atomic E-state index is 5.88. The zero-order valence-corrected chi connectivity index (χ0v) is 15.3. The van der Waals surface area contributed by atoms with Gasteiger partial charge in [0.15, 0.2) is 0 Å². The van der Waals surface area contributed by atoms with Crippen molar-refractivity contribution in [1.29, 1.82) is 0 Å². The highest BCUT2D eigenvalue weighted by atomic mass is 16.5. The molecule has 0 spiro atoms. The average molecular weight is 335 g/mol. The molecule has 2 nitrogen and oxygen atoms in total. The van der Waals surface area contributed by atoms with E-state index >= 15 is 0 Å². The van der Waals surface area contributed by atoms with Gasteiger partial charge >= 0.3 is 0 Å². The summed E-state index contributed by atoms with van der Waals surface area (Å²) >= 11 is 0. The van der Waals surface area contributed by atoms with Crippen LogP contribution in [0.5, 0.6) is 5.75 Å². The van der Waals surface area contributed by atoms with Crippen molar-refractivity contribution in [1.82, 2.24) is 5.32 Å². The summed E-state index contributed by atoms with van der Waals surface area (Å²) in [6.07, 6.45) is 8.95. The van der Waals surface area contributed by atoms with Crippen molar-refractivity contribution in [2.24, 2.45) is 0 Å². The second kappa shape index (κ2) is 9.43. The quantitative estimate of drug-likeness (QED) is 0.504. The van der Waals surface area contributed by atoms with Gasteiger partial charge in [-0.05, 0) is 68.8 Å². The van der Waals surface area contributed by atoms with E-state index < -0.39 is 0 Å². The fourth-order valence-electron chi connectivity index (χ4n) is 3.29. The molecular formula is C23H29NO. The molecule has 0 atom stereocenters. The SMILES string of the molecule is Cc1cccc(COc2ccc(CNCCC3=CCCCC3)cc2)c1. The maximum Gasteiger partial charge on any atom is 0.119 e. The lowest BCUT2D eigenvalue weighted by atomic mass is 9.97. The Bertz CT molecular complexity index is 687. The van der Waals surface area contributed by atoms with Crippen LogP contribution in [0.2, 0.25) is 0 Å². The van der Waals surface area contributed by atoms with Crippen LogP contribution >= 0.6 is 0 Å². The van der Waals surface area contributed by atoms with E-state index in [0.717, 1.165) is 18.8 Å². The summed E-state index contributed by atoms with van der Waals surface area (Å²) in [5, 5.41) is 3.55. The van der Waals surface area contributed by atoms with Crippen LogP contribution in [0.15, 0.2) is 60.2 Å². The van der Waals surface area contributed by atoms with Gasteiger partial charge in [0.25, 0.3) is 0 Å². The molecule has 3 rings (SSSR count). The molecule has 132 valence electrons. The highest BCUT2D eigenvalue weighted by Crippen LogP contribution is 2.19. The summed E-state index contributed by atoms with van der Waals surface area (Å²) in [6.45, 7) is 4.72. The number of ether oxygens (including phenoxy) is 1. The summed E-state index contributed by atoms with van der Waals surface area (Å²) < 4.78 is 5.88. The zero-order chi connectivity index (χ0) is 17.3. The monoisotopic (exact) mass is 335 g/mol. The van der Waals surface area contributed by atoms with E-state index in [2.05, 4.69) is 66.8 Å². The van der Waals surface area contributed by atoms with Gasteiger partial charge in [0, 0.05) is 6.54 Å². The number of rotatable bonds is 8. The average Bonchev–Trinajstić information content (AvgIpc) is 2.65. The van der Waals surface area contributed by atoms with Gasteiger partial charge in [-0.25, -0.2) is 0 Å². The minimum absolute atomic E-state index is 0.619. The number of allylic oxidation sites excluding steroid dienone is 1. The molecule has 0 fully saturated rings. The van der Waals surface area contributed by atoms with Crippen LogP contribution in [0.4, 0.5) is 0 Å². The molecule has 0 aliphatic heterocycles. The Morgan fingerprint density at radius 3 is 2.64 bits per heavy atom. The topological polar surface area (TPSA) is 21.3 Å². The van der Waals surface area contributed by atoms with Gasteiger partial charge < -0.3 is 10.1 Å². The molecule has 1 aliphatic carbocycles. The van der Waals surface area contributed by atoms with E-state index in [1.54, 1.807) is 5.57 Å². The molecule has 0 unspecified atom stereocenters. The summed E-state index contributed by atoms with van der Waals surface area (Å²) in [5.41, 5.74) is 5.42. The van der Waals surface area contributed by atoms with Crippen molar-refractivity contribution in [3.05, 3.63) is 76.9 Å². The van der Waals surface area contributed by atoms with E-state index in [1.807, 2.05) is 0 Å². The molecule has 0 saturated carbocycles. The van der Waals surface area contributed by atoms with E-state index in [0.29, 0.717) is 6.61 Å². The van der Waals surface area contributed by atoms with Crippen LogP contribution in [0.1, 0.15) is 48.8 Å². The minimum atomic E-state index is 0.619. The summed E-state index contributed by atoms with van der Waals surface area (Å²) in [6, 6.07) is 16.9. The van der Waals surface area contributed by atoms with Crippen molar-refractivity contribution >= 4 is 0 Å². The van der Waals surface area contributed by atoms with E-state index in [9.17, 15) is 0 Å². The molecule has 0 amide bonds. The van der Waals surface area contributed by atoms with Crippen LogP contribution in [0, 0.1) is 6.92 Å². The standard InChI is InChI=1S/C23H29NO/c1-19-6-5-9-22(16-19)18-25-23-12-10-21(11-13-23)17-24-15-14-20-7-3-2-4-8-20/h5-7,9-13,16,24H,2-4,8,14-15,17-18H2,1H3. The van der Waals surface area contributed by atoms with Gasteiger partial charge in [-0.15, -0.1) is 0 Å². The lowest BCUT2D eigenvalue weighted by Gasteiger charge is -2.13. The number of hydrogen-bond acceptors (Lipinski definition) is 2. The Morgan fingerprint density at radius 1 is 1.00 bits per heavy atom. The number of hydrogen-bond donors (Lipinski definition) is 1. The molecule has 2 aromatic rings. The van der Waals surface area contributed by atoms with Crippen molar-refractivity contribution in [2.75, 3.05) is 6.54 Å². The molecule has 0 saturated heterocycles. The maximum atomic E-state index is 5.88. The molecule has 1 aliphatic rings. The first kappa shape index (κ1) is 17.8. The smallest absolute Gasteiger partial charge is 0.119 e. The lowest BCUT2D eigenvalue weighted by Crippen LogP contribution is -2.15. The Balaban J connectivity index is 1.38.